The van der Waals surface area contributed by atoms with Gasteiger partial charge in [-0.3, -0.25) is 14.7 Å². The number of nitrogens with zero attached hydrogens (tertiary/aromatic N) is 3. The predicted octanol–water partition coefficient (Wildman–Crippen LogP) is 1.14. The minimum atomic E-state index is -2.37. The first-order valence-corrected chi connectivity index (χ1v) is 8.80. The maximum atomic E-state index is 13.2. The summed E-state index contributed by atoms with van der Waals surface area (Å²) in [6.07, 6.45) is 0.678. The first kappa shape index (κ1) is 12.1. The van der Waals surface area contributed by atoms with E-state index >= 15 is 0 Å². The first-order valence-electron chi connectivity index (χ1n) is 6.65. The smallest absolute Gasteiger partial charge is 0.134 e. The van der Waals surface area contributed by atoms with Gasteiger partial charge in [-0.25, -0.2) is 0 Å². The molecule has 4 aliphatic heterocycles. The second-order valence-electron chi connectivity index (χ2n) is 5.86. The van der Waals surface area contributed by atoms with Gasteiger partial charge in [-0.2, -0.15) is 0 Å². The minimum absolute atomic E-state index is 0.206. The molecule has 19 heavy (non-hydrogen) atoms. The molecular weight excluding hydrogens is 261 g/mol. The lowest BCUT2D eigenvalue weighted by Gasteiger charge is -2.59. The number of rotatable bonds is 2. The molecule has 102 valence electrons. The quantitative estimate of drug-likeness (QED) is 0.823. The Morgan fingerprint density at radius 2 is 1.74 bits per heavy atom. The average Bonchev–Trinajstić information content (AvgIpc) is 2.37. The van der Waals surface area contributed by atoms with Gasteiger partial charge in [0.15, 0.2) is 0 Å². The van der Waals surface area contributed by atoms with Gasteiger partial charge in [0, 0.05) is 0 Å². The van der Waals surface area contributed by atoms with E-state index in [-0.39, 0.29) is 5.78 Å². The Morgan fingerprint density at radius 1 is 1.11 bits per heavy atom. The van der Waals surface area contributed by atoms with Crippen molar-refractivity contribution >= 4 is 7.14 Å². The van der Waals surface area contributed by atoms with Crippen LogP contribution in [0.4, 0.5) is 0 Å². The molecule has 1 aromatic rings. The second-order valence-corrected chi connectivity index (χ2v) is 8.86. The van der Waals surface area contributed by atoms with E-state index in [1.165, 1.54) is 0 Å². The Balaban J connectivity index is 1.69. The highest BCUT2D eigenvalue weighted by molar-refractivity contribution is 7.64. The minimum Gasteiger partial charge on any atom is -0.386 e. The average molecular weight is 279 g/mol. The summed E-state index contributed by atoms with van der Waals surface area (Å²) < 4.78 is 13.2. The SMILES string of the molecule is O=P12CN3CN(CN(C3)[C@H]1[C@@H](O)c1ccccc1)C2. The molecule has 0 aliphatic carbocycles. The van der Waals surface area contributed by atoms with Crippen molar-refractivity contribution in [1.82, 2.24) is 14.7 Å². The van der Waals surface area contributed by atoms with E-state index in [1.807, 2.05) is 30.3 Å². The third-order valence-electron chi connectivity index (χ3n) is 4.32. The van der Waals surface area contributed by atoms with Gasteiger partial charge in [-0.15, -0.1) is 0 Å². The summed E-state index contributed by atoms with van der Waals surface area (Å²) in [7, 11) is -2.37. The topological polar surface area (TPSA) is 47.0 Å². The third-order valence-corrected chi connectivity index (χ3v) is 7.65. The number of hydrogen-bond donors (Lipinski definition) is 1. The van der Waals surface area contributed by atoms with Crippen molar-refractivity contribution in [2.24, 2.45) is 0 Å². The summed E-state index contributed by atoms with van der Waals surface area (Å²) in [6, 6.07) is 9.63. The lowest BCUT2D eigenvalue weighted by atomic mass is 10.1. The standard InChI is InChI=1S/C13H18N3O2P/c17-12(11-4-2-1-3-5-11)13-16-7-14-6-15(8-16)10-19(13,18)9-14/h1-5,12-13,17H,6-10H2/t12-,13+/m0/s1. The van der Waals surface area contributed by atoms with Crippen molar-refractivity contribution in [1.29, 1.82) is 0 Å². The molecule has 4 saturated heterocycles. The highest BCUT2D eigenvalue weighted by atomic mass is 31.2. The van der Waals surface area contributed by atoms with E-state index in [4.69, 9.17) is 0 Å². The first-order chi connectivity index (χ1) is 9.16. The van der Waals surface area contributed by atoms with Crippen molar-refractivity contribution in [2.75, 3.05) is 32.6 Å². The molecule has 0 radical (unpaired) electrons. The van der Waals surface area contributed by atoms with Crippen molar-refractivity contribution < 1.29 is 9.67 Å². The van der Waals surface area contributed by atoms with Gasteiger partial charge >= 0.3 is 0 Å². The van der Waals surface area contributed by atoms with Gasteiger partial charge in [-0.1, -0.05) is 30.3 Å². The van der Waals surface area contributed by atoms with Crippen LogP contribution in [0.5, 0.6) is 0 Å². The molecule has 5 nitrogen and oxygen atoms in total. The number of aliphatic hydroxyl groups excluding tert-OH is 1. The third kappa shape index (κ3) is 1.81. The highest BCUT2D eigenvalue weighted by Crippen LogP contribution is 2.62. The van der Waals surface area contributed by atoms with E-state index in [0.29, 0.717) is 12.6 Å². The molecule has 1 aromatic carbocycles. The monoisotopic (exact) mass is 279 g/mol. The maximum Gasteiger partial charge on any atom is 0.134 e. The fourth-order valence-electron chi connectivity index (χ4n) is 3.74. The molecule has 4 heterocycles. The molecule has 4 fully saturated rings. The van der Waals surface area contributed by atoms with E-state index < -0.39 is 13.2 Å². The van der Waals surface area contributed by atoms with Gasteiger partial charge in [0.2, 0.25) is 0 Å². The molecule has 5 rings (SSSR count). The van der Waals surface area contributed by atoms with Crippen LogP contribution < -0.4 is 0 Å². The van der Waals surface area contributed by atoms with Crippen LogP contribution in [-0.2, 0) is 4.57 Å². The lowest BCUT2D eigenvalue weighted by molar-refractivity contribution is -0.0762. The molecule has 0 spiro atoms. The Morgan fingerprint density at radius 3 is 2.32 bits per heavy atom. The van der Waals surface area contributed by atoms with Crippen LogP contribution in [0.1, 0.15) is 11.7 Å². The van der Waals surface area contributed by atoms with Crippen molar-refractivity contribution in [3.05, 3.63) is 35.9 Å². The molecule has 2 unspecified atom stereocenters. The van der Waals surface area contributed by atoms with Crippen LogP contribution in [0.25, 0.3) is 0 Å². The predicted molar refractivity (Wildman–Crippen MR) is 72.6 cm³/mol. The molecule has 4 bridgehead atoms. The summed E-state index contributed by atoms with van der Waals surface area (Å²) >= 11 is 0. The summed E-state index contributed by atoms with van der Waals surface area (Å²) in [4.78, 5) is 6.62. The fraction of sp³-hybridized carbons (Fsp3) is 0.538. The van der Waals surface area contributed by atoms with Crippen LogP contribution in [0.15, 0.2) is 30.3 Å². The van der Waals surface area contributed by atoms with Crippen LogP contribution in [-0.4, -0.2) is 58.2 Å². The summed E-state index contributed by atoms with van der Waals surface area (Å²) in [5.74, 6) is -0.206. The maximum absolute atomic E-state index is 13.2. The van der Waals surface area contributed by atoms with Gasteiger partial charge in [-0.05, 0) is 5.56 Å². The number of benzene rings is 1. The molecule has 1 N–H and O–H groups in total. The highest BCUT2D eigenvalue weighted by Gasteiger charge is 2.54. The van der Waals surface area contributed by atoms with Crippen LogP contribution in [0.2, 0.25) is 0 Å². The van der Waals surface area contributed by atoms with Crippen molar-refractivity contribution in [2.45, 2.75) is 11.9 Å². The molecule has 4 atom stereocenters. The van der Waals surface area contributed by atoms with E-state index in [9.17, 15) is 9.67 Å². The fourth-order valence-corrected chi connectivity index (χ4v) is 7.31. The number of aliphatic hydroxyl groups is 1. The molecule has 0 aromatic heterocycles. The molecule has 6 heteroatoms. The zero-order chi connectivity index (χ0) is 13.0. The van der Waals surface area contributed by atoms with Gasteiger partial charge < -0.3 is 9.67 Å². The van der Waals surface area contributed by atoms with Crippen molar-refractivity contribution in [3.8, 4) is 0 Å². The van der Waals surface area contributed by atoms with Gasteiger partial charge in [0.1, 0.15) is 13.2 Å². The van der Waals surface area contributed by atoms with E-state index in [2.05, 4.69) is 14.7 Å². The van der Waals surface area contributed by atoms with Gasteiger partial charge in [0.05, 0.1) is 38.4 Å². The van der Waals surface area contributed by atoms with Crippen LogP contribution in [0, 0.1) is 0 Å². The Hall–Kier alpha value is -0.710. The molecule has 0 amide bonds. The molecule has 4 aliphatic rings. The van der Waals surface area contributed by atoms with Crippen molar-refractivity contribution in [3.63, 3.8) is 0 Å². The zero-order valence-electron chi connectivity index (χ0n) is 10.7. The summed E-state index contributed by atoms with van der Waals surface area (Å²) in [5, 5.41) is 10.7. The summed E-state index contributed by atoms with van der Waals surface area (Å²) in [5.41, 5.74) is 0.875. The number of hydrogen-bond acceptors (Lipinski definition) is 5. The largest absolute Gasteiger partial charge is 0.386 e. The Kier molecular flexibility index (Phi) is 2.63. The summed E-state index contributed by atoms with van der Waals surface area (Å²) in [6.45, 7) is 2.58. The van der Waals surface area contributed by atoms with Gasteiger partial charge in [0.25, 0.3) is 0 Å². The van der Waals surface area contributed by atoms with E-state index in [1.54, 1.807) is 0 Å². The van der Waals surface area contributed by atoms with E-state index in [0.717, 1.165) is 25.6 Å². The lowest BCUT2D eigenvalue weighted by Crippen LogP contribution is -2.67. The normalized spacial score (nSPS) is 45.3. The van der Waals surface area contributed by atoms with Crippen LogP contribution in [0.3, 0.4) is 0 Å². The Bertz CT molecular complexity index is 520. The van der Waals surface area contributed by atoms with Crippen LogP contribution >= 0.6 is 7.14 Å². The second kappa shape index (κ2) is 4.14. The Labute approximate surface area is 112 Å². The molecule has 0 saturated carbocycles. The molecular formula is C13H18N3O2P. The zero-order valence-corrected chi connectivity index (χ0v) is 11.6.